The number of para-hydroxylation sites is 1. The standard InChI is InChI=1S/C28H38FN6O7P/c1-16(2)40-25(37)17(3)34-43(38,42-19-10-8-7-9-11-19)39-14-20-22(36)28(6,29)26(41-20)35-15-30-21-23(33-27(5)12-13-27)31-18(4)32-24(21)35/h7-11,15-17,20,22,26,36H,12-14H2,1-6H3,(H,34,38)(H,31,32,33)/t17-,20+,22+,26+,28+,43?/m0/s1. The zero-order valence-electron chi connectivity index (χ0n) is 25.0. The maximum absolute atomic E-state index is 16.2. The highest BCUT2D eigenvalue weighted by atomic mass is 31.2. The van der Waals surface area contributed by atoms with Gasteiger partial charge in [0, 0.05) is 5.54 Å². The van der Waals surface area contributed by atoms with Crippen molar-refractivity contribution >= 4 is 30.7 Å². The molecular formula is C28H38FN6O7P. The third kappa shape index (κ3) is 6.83. The summed E-state index contributed by atoms with van der Waals surface area (Å²) in [5.74, 6) is 0.525. The zero-order chi connectivity index (χ0) is 31.2. The minimum absolute atomic E-state index is 0.0819. The molecule has 2 aromatic heterocycles. The van der Waals surface area contributed by atoms with Crippen LogP contribution in [-0.4, -0.2) is 72.8 Å². The first-order chi connectivity index (χ1) is 20.2. The highest BCUT2D eigenvalue weighted by Crippen LogP contribution is 2.48. The molecule has 5 rings (SSSR count). The Kier molecular flexibility index (Phi) is 8.53. The minimum atomic E-state index is -4.27. The number of aliphatic hydroxyl groups is 1. The van der Waals surface area contributed by atoms with E-state index in [0.717, 1.165) is 12.8 Å². The molecule has 1 aliphatic heterocycles. The number of fused-ring (bicyclic) bond motifs is 1. The lowest BCUT2D eigenvalue weighted by Gasteiger charge is -2.25. The molecule has 234 valence electrons. The fraction of sp³-hybridized carbons (Fsp3) is 0.571. The summed E-state index contributed by atoms with van der Waals surface area (Å²) in [5.41, 5.74) is -1.62. The van der Waals surface area contributed by atoms with E-state index in [-0.39, 0.29) is 11.3 Å². The number of halogens is 1. The van der Waals surface area contributed by atoms with Crippen molar-refractivity contribution in [3.05, 3.63) is 42.5 Å². The van der Waals surface area contributed by atoms with E-state index < -0.39 is 56.6 Å². The SMILES string of the molecule is Cc1nc(NC2(C)CC2)c2ncn([C@@H]3O[C@H](COP(=O)(N[C@@H](C)C(=O)OC(C)C)Oc4ccccc4)[C@@H](O)[C@@]3(C)F)c2n1. The van der Waals surface area contributed by atoms with Crippen LogP contribution in [-0.2, 0) is 23.4 Å². The zero-order valence-corrected chi connectivity index (χ0v) is 25.9. The maximum atomic E-state index is 16.2. The van der Waals surface area contributed by atoms with Crippen LogP contribution < -0.4 is 14.9 Å². The number of carbonyl (C=O) groups is 1. The molecule has 1 aliphatic carbocycles. The molecule has 13 nitrogen and oxygen atoms in total. The Balaban J connectivity index is 1.36. The van der Waals surface area contributed by atoms with Gasteiger partial charge in [-0.05, 0) is 66.5 Å². The number of rotatable bonds is 12. The second-order valence-corrected chi connectivity index (χ2v) is 13.5. The van der Waals surface area contributed by atoms with Crippen LogP contribution in [0, 0.1) is 6.92 Å². The van der Waals surface area contributed by atoms with Gasteiger partial charge in [-0.25, -0.2) is 23.9 Å². The Labute approximate surface area is 249 Å². The Morgan fingerprint density at radius 3 is 2.58 bits per heavy atom. The van der Waals surface area contributed by atoms with E-state index in [1.54, 1.807) is 51.1 Å². The fourth-order valence-corrected chi connectivity index (χ4v) is 6.24. The molecule has 3 N–H and O–H groups in total. The quantitative estimate of drug-likeness (QED) is 0.196. The third-order valence-corrected chi connectivity index (χ3v) is 9.00. The Bertz CT molecular complexity index is 1520. The second kappa shape index (κ2) is 11.7. The lowest BCUT2D eigenvalue weighted by Crippen LogP contribution is -2.41. The molecule has 1 unspecified atom stereocenters. The van der Waals surface area contributed by atoms with Gasteiger partial charge in [0.1, 0.15) is 29.8 Å². The fourth-order valence-electron chi connectivity index (χ4n) is 4.74. The lowest BCUT2D eigenvalue weighted by molar-refractivity contribution is -0.149. The van der Waals surface area contributed by atoms with Gasteiger partial charge in [-0.2, -0.15) is 5.09 Å². The molecular weight excluding hydrogens is 582 g/mol. The largest absolute Gasteiger partial charge is 0.462 e. The summed E-state index contributed by atoms with van der Waals surface area (Å²) < 4.78 is 53.9. The smallest absolute Gasteiger partial charge is 0.459 e. The summed E-state index contributed by atoms with van der Waals surface area (Å²) in [6, 6.07) is 7.14. The molecule has 43 heavy (non-hydrogen) atoms. The normalized spacial score (nSPS) is 26.7. The molecule has 6 atom stereocenters. The summed E-state index contributed by atoms with van der Waals surface area (Å²) in [6.45, 7) is 9.29. The van der Waals surface area contributed by atoms with Gasteiger partial charge in [-0.1, -0.05) is 18.2 Å². The Hall–Kier alpha value is -3.16. The van der Waals surface area contributed by atoms with Crippen molar-refractivity contribution < 1.29 is 37.4 Å². The number of benzene rings is 1. The molecule has 1 aromatic carbocycles. The number of aromatic nitrogens is 4. The van der Waals surface area contributed by atoms with Gasteiger partial charge in [-0.3, -0.25) is 13.9 Å². The van der Waals surface area contributed by atoms with Gasteiger partial charge >= 0.3 is 13.7 Å². The molecule has 3 aromatic rings. The van der Waals surface area contributed by atoms with Crippen molar-refractivity contribution in [2.75, 3.05) is 11.9 Å². The van der Waals surface area contributed by atoms with Gasteiger partial charge in [0.05, 0.1) is 19.0 Å². The maximum Gasteiger partial charge on any atom is 0.459 e. The van der Waals surface area contributed by atoms with E-state index in [4.69, 9.17) is 18.5 Å². The van der Waals surface area contributed by atoms with Gasteiger partial charge in [0.15, 0.2) is 28.9 Å². The van der Waals surface area contributed by atoms with E-state index in [1.807, 2.05) is 0 Å². The van der Waals surface area contributed by atoms with Crippen LogP contribution >= 0.6 is 7.75 Å². The average molecular weight is 621 g/mol. The average Bonchev–Trinajstić information content (AvgIpc) is 3.42. The number of hydrogen-bond acceptors (Lipinski definition) is 11. The molecule has 3 heterocycles. The molecule has 2 aliphatic rings. The Morgan fingerprint density at radius 1 is 1.23 bits per heavy atom. The summed E-state index contributed by atoms with van der Waals surface area (Å²) in [7, 11) is -4.27. The molecule has 1 saturated heterocycles. The van der Waals surface area contributed by atoms with Crippen LogP contribution in [0.5, 0.6) is 5.75 Å². The second-order valence-electron chi connectivity index (χ2n) is 11.8. The van der Waals surface area contributed by atoms with E-state index in [1.165, 1.54) is 24.7 Å². The van der Waals surface area contributed by atoms with Crippen LogP contribution in [0.4, 0.5) is 10.2 Å². The summed E-state index contributed by atoms with van der Waals surface area (Å²) in [5, 5.41) is 17.0. The van der Waals surface area contributed by atoms with E-state index in [0.29, 0.717) is 22.8 Å². The number of imidazole rings is 1. The number of ether oxygens (including phenoxy) is 2. The number of hydrogen-bond donors (Lipinski definition) is 3. The van der Waals surface area contributed by atoms with Gasteiger partial charge in [0.25, 0.3) is 0 Å². The summed E-state index contributed by atoms with van der Waals surface area (Å²) in [4.78, 5) is 25.8. The molecule has 0 bridgehead atoms. The van der Waals surface area contributed by atoms with Gasteiger partial charge in [0.2, 0.25) is 0 Å². The number of alkyl halides is 1. The molecule has 0 radical (unpaired) electrons. The molecule has 1 saturated carbocycles. The molecule has 0 spiro atoms. The highest BCUT2D eigenvalue weighted by Gasteiger charge is 2.56. The number of aliphatic hydroxyl groups excluding tert-OH is 1. The highest BCUT2D eigenvalue weighted by molar-refractivity contribution is 7.52. The van der Waals surface area contributed by atoms with Crippen LogP contribution in [0.2, 0.25) is 0 Å². The van der Waals surface area contributed by atoms with Gasteiger partial charge in [-0.15, -0.1) is 0 Å². The number of aryl methyl sites for hydroxylation is 1. The predicted octanol–water partition coefficient (Wildman–Crippen LogP) is 4.22. The number of carbonyl (C=O) groups excluding carboxylic acids is 1. The number of esters is 1. The molecule has 2 fully saturated rings. The lowest BCUT2D eigenvalue weighted by atomic mass is 9.98. The van der Waals surface area contributed by atoms with Crippen molar-refractivity contribution in [1.82, 2.24) is 24.6 Å². The van der Waals surface area contributed by atoms with Crippen LogP contribution in [0.15, 0.2) is 36.7 Å². The number of nitrogens with one attached hydrogen (secondary N) is 2. The third-order valence-electron chi connectivity index (χ3n) is 7.36. The first-order valence-electron chi connectivity index (χ1n) is 14.2. The summed E-state index contributed by atoms with van der Waals surface area (Å²) >= 11 is 0. The van der Waals surface area contributed by atoms with Crippen molar-refractivity contribution in [3.8, 4) is 5.75 Å². The minimum Gasteiger partial charge on any atom is -0.462 e. The number of anilines is 1. The molecule has 0 amide bonds. The van der Waals surface area contributed by atoms with Gasteiger partial charge < -0.3 is 24.4 Å². The van der Waals surface area contributed by atoms with E-state index in [9.17, 15) is 14.5 Å². The van der Waals surface area contributed by atoms with Crippen molar-refractivity contribution in [2.45, 2.75) is 96.2 Å². The first kappa shape index (κ1) is 31.3. The van der Waals surface area contributed by atoms with Crippen LogP contribution in [0.3, 0.4) is 0 Å². The first-order valence-corrected chi connectivity index (χ1v) is 15.7. The summed E-state index contributed by atoms with van der Waals surface area (Å²) in [6.07, 6.45) is -1.32. The molecule has 15 heteroatoms. The van der Waals surface area contributed by atoms with E-state index >= 15 is 4.39 Å². The predicted molar refractivity (Wildman–Crippen MR) is 155 cm³/mol. The monoisotopic (exact) mass is 620 g/mol. The van der Waals surface area contributed by atoms with Crippen LogP contribution in [0.1, 0.15) is 59.5 Å². The van der Waals surface area contributed by atoms with Crippen LogP contribution in [0.25, 0.3) is 11.2 Å². The Morgan fingerprint density at radius 2 is 1.93 bits per heavy atom. The van der Waals surface area contributed by atoms with Crippen molar-refractivity contribution in [2.24, 2.45) is 0 Å². The topological polar surface area (TPSA) is 159 Å². The van der Waals surface area contributed by atoms with Crippen molar-refractivity contribution in [1.29, 1.82) is 0 Å². The van der Waals surface area contributed by atoms with Crippen molar-refractivity contribution in [3.63, 3.8) is 0 Å². The van der Waals surface area contributed by atoms with E-state index in [2.05, 4.69) is 32.3 Å². The number of nitrogens with zero attached hydrogens (tertiary/aromatic N) is 4.